The summed E-state index contributed by atoms with van der Waals surface area (Å²) in [4.78, 5) is 3.91. The maximum absolute atomic E-state index is 9.14. The third kappa shape index (κ3) is 2.57. The molecule has 84 valence electrons. The monoisotopic (exact) mass is 217 g/mol. The summed E-state index contributed by atoms with van der Waals surface area (Å²) < 4.78 is 0. The number of hydrogen-bond donors (Lipinski definition) is 2. The van der Waals surface area contributed by atoms with Crippen LogP contribution in [-0.2, 0) is 6.54 Å². The first kappa shape index (κ1) is 11.1. The van der Waals surface area contributed by atoms with Gasteiger partial charge in [-0.05, 0) is 30.5 Å². The molecule has 0 unspecified atom stereocenters. The van der Waals surface area contributed by atoms with Crippen molar-refractivity contribution in [3.05, 3.63) is 29.6 Å². The number of hydrogen-bond acceptors (Lipinski definition) is 4. The lowest BCUT2D eigenvalue weighted by atomic mass is 10.1. The van der Waals surface area contributed by atoms with Gasteiger partial charge in [-0.1, -0.05) is 0 Å². The smallest absolute Gasteiger partial charge is 0.140 e. The van der Waals surface area contributed by atoms with Gasteiger partial charge < -0.3 is 10.4 Å². The average molecular weight is 217 g/mol. The van der Waals surface area contributed by atoms with Crippen LogP contribution in [0.3, 0.4) is 0 Å². The Bertz CT molecular complexity index is 407. The van der Waals surface area contributed by atoms with Crippen LogP contribution in [0.25, 0.3) is 0 Å². The van der Waals surface area contributed by atoms with Gasteiger partial charge in [0.1, 0.15) is 11.8 Å². The minimum absolute atomic E-state index is 0.130. The minimum Gasteiger partial charge on any atom is -0.396 e. The van der Waals surface area contributed by atoms with E-state index in [1.165, 1.54) is 0 Å². The molecule has 1 aromatic heterocycles. The lowest BCUT2D eigenvalue weighted by Crippen LogP contribution is -2.26. The van der Waals surface area contributed by atoms with E-state index in [1.807, 2.05) is 12.1 Å². The Labute approximate surface area is 94.9 Å². The molecule has 0 aliphatic heterocycles. The van der Waals surface area contributed by atoms with Crippen LogP contribution in [0, 0.1) is 16.7 Å². The Kier molecular flexibility index (Phi) is 3.18. The number of nitriles is 1. The zero-order valence-corrected chi connectivity index (χ0v) is 9.11. The van der Waals surface area contributed by atoms with Crippen molar-refractivity contribution in [1.82, 2.24) is 10.3 Å². The first-order valence-electron chi connectivity index (χ1n) is 5.45. The molecule has 0 spiro atoms. The topological polar surface area (TPSA) is 68.9 Å². The van der Waals surface area contributed by atoms with Gasteiger partial charge in [-0.15, -0.1) is 0 Å². The highest BCUT2D eigenvalue weighted by Gasteiger charge is 2.41. The van der Waals surface area contributed by atoms with Gasteiger partial charge in [0.05, 0.1) is 0 Å². The zero-order valence-electron chi connectivity index (χ0n) is 9.11. The van der Waals surface area contributed by atoms with Crippen LogP contribution in [0.5, 0.6) is 0 Å². The van der Waals surface area contributed by atoms with Crippen LogP contribution in [0.2, 0.25) is 0 Å². The van der Waals surface area contributed by atoms with Crippen molar-refractivity contribution >= 4 is 0 Å². The Hall–Kier alpha value is -1.44. The number of nitrogens with zero attached hydrogens (tertiary/aromatic N) is 2. The fourth-order valence-electron chi connectivity index (χ4n) is 1.68. The molecular formula is C12H15N3O. The van der Waals surface area contributed by atoms with E-state index >= 15 is 0 Å². The van der Waals surface area contributed by atoms with E-state index in [1.54, 1.807) is 12.3 Å². The van der Waals surface area contributed by atoms with E-state index in [2.05, 4.69) is 10.3 Å². The molecule has 1 heterocycles. The van der Waals surface area contributed by atoms with Crippen LogP contribution < -0.4 is 5.32 Å². The van der Waals surface area contributed by atoms with Crippen LogP contribution >= 0.6 is 0 Å². The van der Waals surface area contributed by atoms with Crippen LogP contribution in [0.4, 0.5) is 0 Å². The second-order valence-corrected chi connectivity index (χ2v) is 4.42. The van der Waals surface area contributed by atoms with E-state index in [0.717, 1.165) is 31.5 Å². The second-order valence-electron chi connectivity index (χ2n) is 4.42. The highest BCUT2D eigenvalue weighted by molar-refractivity contribution is 5.25. The fraction of sp³-hybridized carbons (Fsp3) is 0.500. The normalized spacial score (nSPS) is 16.8. The summed E-state index contributed by atoms with van der Waals surface area (Å²) in [6.07, 6.45) is 3.86. The summed E-state index contributed by atoms with van der Waals surface area (Å²) in [6.45, 7) is 1.83. The quantitative estimate of drug-likeness (QED) is 0.766. The van der Waals surface area contributed by atoms with Gasteiger partial charge in [-0.2, -0.15) is 5.26 Å². The highest BCUT2D eigenvalue weighted by atomic mass is 16.3. The van der Waals surface area contributed by atoms with E-state index in [0.29, 0.717) is 5.69 Å². The molecule has 2 N–H and O–H groups in total. The van der Waals surface area contributed by atoms with Crippen LogP contribution in [0.15, 0.2) is 18.3 Å². The number of nitrogens with one attached hydrogen (secondary N) is 1. The predicted octanol–water partition coefficient (Wildman–Crippen LogP) is 0.815. The summed E-state index contributed by atoms with van der Waals surface area (Å²) in [7, 11) is 0. The summed E-state index contributed by atoms with van der Waals surface area (Å²) in [5.74, 6) is 0. The Morgan fingerprint density at radius 1 is 1.56 bits per heavy atom. The summed E-state index contributed by atoms with van der Waals surface area (Å²) in [6, 6.07) is 5.70. The van der Waals surface area contributed by atoms with Gasteiger partial charge >= 0.3 is 0 Å². The molecule has 0 saturated heterocycles. The minimum atomic E-state index is 0.130. The number of aliphatic hydroxyl groups excluding tert-OH is 1. The molecule has 2 rings (SSSR count). The molecule has 4 nitrogen and oxygen atoms in total. The molecule has 4 heteroatoms. The third-order valence-corrected chi connectivity index (χ3v) is 3.06. The van der Waals surface area contributed by atoms with Crippen molar-refractivity contribution in [3.63, 3.8) is 0 Å². The number of aromatic nitrogens is 1. The largest absolute Gasteiger partial charge is 0.396 e. The SMILES string of the molecule is N#Cc1cc(CNCC2(CO)CC2)ccn1. The second kappa shape index (κ2) is 4.60. The van der Waals surface area contributed by atoms with Gasteiger partial charge in [-0.3, -0.25) is 0 Å². The van der Waals surface area contributed by atoms with Gasteiger partial charge in [0.15, 0.2) is 0 Å². The molecule has 1 fully saturated rings. The Morgan fingerprint density at radius 2 is 2.38 bits per heavy atom. The van der Waals surface area contributed by atoms with Crippen molar-refractivity contribution < 1.29 is 5.11 Å². The van der Waals surface area contributed by atoms with Gasteiger partial charge in [0.25, 0.3) is 0 Å². The van der Waals surface area contributed by atoms with Gasteiger partial charge in [0.2, 0.25) is 0 Å². The molecule has 0 radical (unpaired) electrons. The number of rotatable bonds is 5. The predicted molar refractivity (Wildman–Crippen MR) is 59.4 cm³/mol. The lowest BCUT2D eigenvalue weighted by molar-refractivity contribution is 0.207. The zero-order chi connectivity index (χ0) is 11.4. The first-order chi connectivity index (χ1) is 7.78. The maximum atomic E-state index is 9.14. The van der Waals surface area contributed by atoms with E-state index < -0.39 is 0 Å². The highest BCUT2D eigenvalue weighted by Crippen LogP contribution is 2.44. The van der Waals surface area contributed by atoms with E-state index in [-0.39, 0.29) is 12.0 Å². The fourth-order valence-corrected chi connectivity index (χ4v) is 1.68. The van der Waals surface area contributed by atoms with E-state index in [4.69, 9.17) is 10.4 Å². The summed E-state index contributed by atoms with van der Waals surface area (Å²) in [5, 5.41) is 21.2. The molecular weight excluding hydrogens is 202 g/mol. The molecule has 1 aliphatic rings. The van der Waals surface area contributed by atoms with Gasteiger partial charge in [0, 0.05) is 31.3 Å². The lowest BCUT2D eigenvalue weighted by Gasteiger charge is -2.12. The average Bonchev–Trinajstić information content (AvgIpc) is 3.10. The van der Waals surface area contributed by atoms with Gasteiger partial charge in [-0.25, -0.2) is 4.98 Å². The Morgan fingerprint density at radius 3 is 3.00 bits per heavy atom. The summed E-state index contributed by atoms with van der Waals surface area (Å²) in [5.41, 5.74) is 1.63. The molecule has 16 heavy (non-hydrogen) atoms. The third-order valence-electron chi connectivity index (χ3n) is 3.06. The number of aliphatic hydroxyl groups is 1. The Balaban J connectivity index is 1.83. The summed E-state index contributed by atoms with van der Waals surface area (Å²) >= 11 is 0. The molecule has 1 saturated carbocycles. The molecule has 0 bridgehead atoms. The molecule has 0 atom stereocenters. The van der Waals surface area contributed by atoms with Crippen molar-refractivity contribution in [2.24, 2.45) is 5.41 Å². The molecule has 1 aromatic rings. The maximum Gasteiger partial charge on any atom is 0.140 e. The molecule has 0 aromatic carbocycles. The molecule has 0 amide bonds. The van der Waals surface area contributed by atoms with Crippen molar-refractivity contribution in [2.75, 3.05) is 13.2 Å². The first-order valence-corrected chi connectivity index (χ1v) is 5.45. The van der Waals surface area contributed by atoms with E-state index in [9.17, 15) is 0 Å². The van der Waals surface area contributed by atoms with Crippen LogP contribution in [-0.4, -0.2) is 23.2 Å². The van der Waals surface area contributed by atoms with Crippen molar-refractivity contribution in [2.45, 2.75) is 19.4 Å². The standard InChI is InChI=1S/C12H15N3O/c13-6-11-5-10(1-4-15-11)7-14-8-12(9-16)2-3-12/h1,4-5,14,16H,2-3,7-9H2. The number of pyridine rings is 1. The molecule has 1 aliphatic carbocycles. The van der Waals surface area contributed by atoms with Crippen molar-refractivity contribution in [3.8, 4) is 6.07 Å². The van der Waals surface area contributed by atoms with Crippen molar-refractivity contribution in [1.29, 1.82) is 5.26 Å². The van der Waals surface area contributed by atoms with Crippen LogP contribution in [0.1, 0.15) is 24.1 Å².